The minimum atomic E-state index is -0.704. The van der Waals surface area contributed by atoms with Crippen LogP contribution < -0.4 is 9.30 Å². The Labute approximate surface area is 395 Å². The molecule has 3 aliphatic carbocycles. The number of likely N-dealkylation sites (N-methyl/N-ethyl adjacent to an activating group) is 1. The van der Waals surface area contributed by atoms with Crippen LogP contribution >= 0.6 is 0 Å². The van der Waals surface area contributed by atoms with Gasteiger partial charge < -0.3 is 14.1 Å². The summed E-state index contributed by atoms with van der Waals surface area (Å²) in [4.78, 5) is 2.38. The van der Waals surface area contributed by atoms with E-state index < -0.39 is 16.7 Å². The van der Waals surface area contributed by atoms with Crippen molar-refractivity contribution in [3.8, 4) is 17.0 Å². The van der Waals surface area contributed by atoms with Crippen LogP contribution in [0.15, 0.2) is 114 Å². The number of fused-ring (bicyclic) bond motifs is 13. The molecule has 0 saturated heterocycles. The van der Waals surface area contributed by atoms with Crippen molar-refractivity contribution in [1.29, 1.82) is 0 Å². The molecule has 4 unspecified atom stereocenters. The minimum Gasteiger partial charge on any atom is -0.484 e. The molecule has 4 atom stereocenters. The van der Waals surface area contributed by atoms with Gasteiger partial charge in [-0.3, -0.25) is 0 Å². The number of aromatic nitrogens is 1. The third kappa shape index (κ3) is 5.97. The highest BCUT2D eigenvalue weighted by Crippen LogP contribution is 2.61. The number of pyridine rings is 1. The average Bonchev–Trinajstić information content (AvgIpc) is 3.60. The maximum Gasteiger partial charge on any atom is 0.221 e. The SMILES string of the molecule is C=C(C)/C=C\N(C)C1(C)C(=C)C2(C)[n+]3ccc4cc5oc6cc7c(cc6c5cc4c3-c3ccccc3C2(C)CCC1(C)Oc1cc2c(cc1C)C(C)(C)CCC2(C)C)C(C)(C)CCC7(C)C. The van der Waals surface area contributed by atoms with Gasteiger partial charge in [-0.2, -0.15) is 4.57 Å². The molecule has 4 nitrogen and oxygen atoms in total. The largest absolute Gasteiger partial charge is 0.484 e. The Morgan fingerprint density at radius 3 is 1.86 bits per heavy atom. The fourth-order valence-corrected chi connectivity index (χ4v) is 13.5. The smallest absolute Gasteiger partial charge is 0.221 e. The van der Waals surface area contributed by atoms with E-state index in [-0.39, 0.29) is 27.1 Å². The minimum absolute atomic E-state index is 0.0545. The highest BCUT2D eigenvalue weighted by Gasteiger charge is 2.69. The molecule has 10 rings (SSSR count). The molecule has 344 valence electrons. The van der Waals surface area contributed by atoms with Crippen LogP contribution in [-0.2, 0) is 32.6 Å². The summed E-state index contributed by atoms with van der Waals surface area (Å²) in [5.41, 5.74) is 12.9. The Morgan fingerprint density at radius 2 is 1.23 bits per heavy atom. The van der Waals surface area contributed by atoms with Crippen molar-refractivity contribution < 1.29 is 13.7 Å². The van der Waals surface area contributed by atoms with Gasteiger partial charge in [0.05, 0.1) is 16.4 Å². The van der Waals surface area contributed by atoms with Crippen LogP contribution in [0, 0.1) is 6.92 Å². The van der Waals surface area contributed by atoms with Crippen molar-refractivity contribution in [1.82, 2.24) is 4.90 Å². The van der Waals surface area contributed by atoms with Gasteiger partial charge in [-0.1, -0.05) is 98.4 Å². The molecule has 0 amide bonds. The summed E-state index contributed by atoms with van der Waals surface area (Å²) >= 11 is 0. The Bertz CT molecular complexity index is 3120. The first-order valence-corrected chi connectivity index (χ1v) is 24.8. The van der Waals surface area contributed by atoms with Gasteiger partial charge >= 0.3 is 0 Å². The second kappa shape index (κ2) is 14.0. The number of rotatable bonds is 5. The lowest BCUT2D eigenvalue weighted by molar-refractivity contribution is -0.754. The van der Waals surface area contributed by atoms with Crippen LogP contribution in [0.25, 0.3) is 44.0 Å². The summed E-state index contributed by atoms with van der Waals surface area (Å²) in [6.07, 6.45) is 13.0. The quantitative estimate of drug-likeness (QED) is 0.0982. The van der Waals surface area contributed by atoms with Crippen molar-refractivity contribution in [3.05, 3.63) is 143 Å². The zero-order valence-corrected chi connectivity index (χ0v) is 43.0. The lowest BCUT2D eigenvalue weighted by Gasteiger charge is -2.54. The van der Waals surface area contributed by atoms with E-state index >= 15 is 0 Å². The number of ether oxygens (including phenoxy) is 1. The van der Waals surface area contributed by atoms with Gasteiger partial charge in [0.25, 0.3) is 0 Å². The molecule has 6 aromatic rings. The number of aryl methyl sites for hydroxylation is 1. The molecule has 4 heteroatoms. The van der Waals surface area contributed by atoms with Gasteiger partial charge in [0.15, 0.2) is 11.7 Å². The fraction of sp³-hybridized carbons (Fsp3) is 0.468. The Balaban J connectivity index is 1.21. The monoisotopic (exact) mass is 880 g/mol. The van der Waals surface area contributed by atoms with E-state index in [2.05, 4.69) is 205 Å². The third-order valence-electron chi connectivity index (χ3n) is 18.9. The molecule has 0 bridgehead atoms. The molecular weight excluding hydrogens is 805 g/mol. The average molecular weight is 880 g/mol. The van der Waals surface area contributed by atoms with Crippen LogP contribution in [0.1, 0.15) is 162 Å². The lowest BCUT2D eigenvalue weighted by Crippen LogP contribution is -2.72. The molecule has 4 aromatic carbocycles. The van der Waals surface area contributed by atoms with E-state index in [1.165, 1.54) is 85.4 Å². The zero-order valence-electron chi connectivity index (χ0n) is 43.0. The maximum atomic E-state index is 7.81. The topological polar surface area (TPSA) is 29.5 Å². The van der Waals surface area contributed by atoms with Crippen molar-refractivity contribution in [2.45, 2.75) is 179 Å². The first kappa shape index (κ1) is 44.7. The van der Waals surface area contributed by atoms with Crippen LogP contribution in [0.4, 0.5) is 0 Å². The Kier molecular flexibility index (Phi) is 9.48. The first-order valence-electron chi connectivity index (χ1n) is 24.8. The van der Waals surface area contributed by atoms with Gasteiger partial charge in [0.1, 0.15) is 28.1 Å². The normalized spacial score (nSPS) is 28.0. The number of nitrogens with zero attached hydrogens (tertiary/aromatic N) is 2. The molecular formula is C62H75N2O2+. The second-order valence-electron chi connectivity index (χ2n) is 24.8. The number of furan rings is 1. The molecule has 1 aliphatic heterocycles. The van der Waals surface area contributed by atoms with Crippen LogP contribution in [0.2, 0.25) is 0 Å². The van der Waals surface area contributed by atoms with Crippen molar-refractivity contribution in [3.63, 3.8) is 0 Å². The molecule has 2 aromatic heterocycles. The van der Waals surface area contributed by atoms with Crippen molar-refractivity contribution in [2.24, 2.45) is 0 Å². The van der Waals surface area contributed by atoms with Gasteiger partial charge in [-0.05, 0) is 182 Å². The van der Waals surface area contributed by atoms with Gasteiger partial charge in [0, 0.05) is 36.4 Å². The standard InChI is InChI=1S/C62H75N2O2/c1-38(2)22-30-63(17)62(16)40(4)61(15)59(13,28-29-60(62,14)66-51-36-49-47(32-39(51)3)55(5,6)24-26-57(49,9)10)46-21-19-18-20-42(46)54-43-34-44-45-35-48-50(58(11,12)27-25-56(48,7)8)37-53(45)65-52(44)33-41(43)23-31-64(54)61/h18-23,30-37H,1,4,24-29H2,2-3,5-17H3/q+1/b30-22-. The lowest BCUT2D eigenvalue weighted by atomic mass is 9.57. The summed E-state index contributed by atoms with van der Waals surface area (Å²) in [7, 11) is 2.22. The summed E-state index contributed by atoms with van der Waals surface area (Å²) in [6.45, 7) is 42.9. The summed E-state index contributed by atoms with van der Waals surface area (Å²) < 4.78 is 17.2. The second-order valence-corrected chi connectivity index (χ2v) is 24.8. The molecule has 66 heavy (non-hydrogen) atoms. The number of allylic oxidation sites excluding steroid dienone is 2. The Morgan fingerprint density at radius 1 is 0.667 bits per heavy atom. The third-order valence-corrected chi connectivity index (χ3v) is 18.9. The van der Waals surface area contributed by atoms with Gasteiger partial charge in [-0.15, -0.1) is 0 Å². The van der Waals surface area contributed by atoms with Crippen LogP contribution in [0.3, 0.4) is 0 Å². The van der Waals surface area contributed by atoms with Crippen molar-refractivity contribution >= 4 is 32.7 Å². The maximum absolute atomic E-state index is 7.81. The Hall–Kier alpha value is -5.09. The van der Waals surface area contributed by atoms with E-state index in [1.807, 2.05) is 0 Å². The van der Waals surface area contributed by atoms with Crippen LogP contribution in [0.5, 0.6) is 5.75 Å². The molecule has 0 radical (unpaired) electrons. The highest BCUT2D eigenvalue weighted by molar-refractivity contribution is 6.12. The van der Waals surface area contributed by atoms with E-state index in [0.717, 1.165) is 47.3 Å². The number of hydrogen-bond donors (Lipinski definition) is 0. The zero-order chi connectivity index (χ0) is 47.5. The first-order chi connectivity index (χ1) is 30.7. The summed E-state index contributed by atoms with van der Waals surface area (Å²) in [5.74, 6) is 0.975. The predicted molar refractivity (Wildman–Crippen MR) is 277 cm³/mol. The predicted octanol–water partition coefficient (Wildman–Crippen LogP) is 15.7. The fourth-order valence-electron chi connectivity index (χ4n) is 13.5. The van der Waals surface area contributed by atoms with E-state index in [0.29, 0.717) is 0 Å². The molecule has 1 fully saturated rings. The molecule has 0 N–H and O–H groups in total. The molecule has 4 aliphatic rings. The summed E-state index contributed by atoms with van der Waals surface area (Å²) in [5, 5.41) is 4.77. The molecule has 0 spiro atoms. The molecule has 1 saturated carbocycles. The number of hydrogen-bond acceptors (Lipinski definition) is 3. The van der Waals surface area contributed by atoms with E-state index in [1.54, 1.807) is 0 Å². The molecule has 3 heterocycles. The number of benzene rings is 4. The van der Waals surface area contributed by atoms with E-state index in [4.69, 9.17) is 15.7 Å². The van der Waals surface area contributed by atoms with Gasteiger partial charge in [-0.25, -0.2) is 0 Å². The van der Waals surface area contributed by atoms with Crippen LogP contribution in [-0.4, -0.2) is 23.1 Å². The van der Waals surface area contributed by atoms with E-state index in [9.17, 15) is 0 Å². The van der Waals surface area contributed by atoms with Crippen molar-refractivity contribution in [2.75, 3.05) is 7.05 Å². The van der Waals surface area contributed by atoms with Gasteiger partial charge in [0.2, 0.25) is 5.69 Å². The highest BCUT2D eigenvalue weighted by atomic mass is 16.5. The summed E-state index contributed by atoms with van der Waals surface area (Å²) in [6, 6.07) is 25.9.